The number of halogens is 3. The first kappa shape index (κ1) is 13.1. The maximum Gasteiger partial charge on any atom is 0.303 e. The average Bonchev–Trinajstić information content (AvgIpc) is 1.81. The summed E-state index contributed by atoms with van der Waals surface area (Å²) in [5.74, 6) is -0.474. The molecule has 0 aliphatic carbocycles. The fourth-order valence-corrected chi connectivity index (χ4v) is 1.11. The first-order valence-corrected chi connectivity index (χ1v) is 4.75. The van der Waals surface area contributed by atoms with Crippen molar-refractivity contribution >= 4 is 40.8 Å². The number of esters is 1. The predicted molar refractivity (Wildman–Crippen MR) is 55.3 cm³/mol. The van der Waals surface area contributed by atoms with E-state index in [0.29, 0.717) is 6.42 Å². The molecule has 76 valence electrons. The standard InChI is InChI=1S/C8H11Cl3O2/c1-5(2)4-7(8(9,10)11)13-6(3)12/h7H,1,4H2,2-3H3/t7-/m0/s1. The van der Waals surface area contributed by atoms with Gasteiger partial charge in [0.1, 0.15) is 0 Å². The van der Waals surface area contributed by atoms with E-state index in [4.69, 9.17) is 39.5 Å². The molecule has 0 rings (SSSR count). The van der Waals surface area contributed by atoms with Gasteiger partial charge in [0.05, 0.1) is 0 Å². The molecule has 0 saturated heterocycles. The second-order valence-electron chi connectivity index (χ2n) is 2.80. The molecule has 0 radical (unpaired) electrons. The minimum absolute atomic E-state index is 0.343. The molecule has 0 saturated carbocycles. The van der Waals surface area contributed by atoms with Crippen LogP contribution in [0.3, 0.4) is 0 Å². The third-order valence-corrected chi connectivity index (χ3v) is 1.94. The zero-order valence-corrected chi connectivity index (χ0v) is 9.71. The molecule has 0 spiro atoms. The second-order valence-corrected chi connectivity index (χ2v) is 5.17. The Kier molecular flexibility index (Phi) is 5.11. The molecule has 0 aromatic heterocycles. The lowest BCUT2D eigenvalue weighted by atomic mass is 10.1. The van der Waals surface area contributed by atoms with Gasteiger partial charge in [-0.1, -0.05) is 47.0 Å². The molecule has 13 heavy (non-hydrogen) atoms. The maximum atomic E-state index is 10.7. The number of carbonyl (C=O) groups excluding carboxylic acids is 1. The first-order valence-electron chi connectivity index (χ1n) is 3.61. The van der Waals surface area contributed by atoms with Gasteiger partial charge in [0.15, 0.2) is 6.10 Å². The Balaban J connectivity index is 4.37. The van der Waals surface area contributed by atoms with Gasteiger partial charge in [0.2, 0.25) is 3.79 Å². The molecule has 5 heteroatoms. The van der Waals surface area contributed by atoms with E-state index in [9.17, 15) is 4.79 Å². The summed E-state index contributed by atoms with van der Waals surface area (Å²) in [4.78, 5) is 10.7. The van der Waals surface area contributed by atoms with Crippen LogP contribution in [0.2, 0.25) is 0 Å². The van der Waals surface area contributed by atoms with Gasteiger partial charge >= 0.3 is 5.97 Å². The van der Waals surface area contributed by atoms with Gasteiger partial charge < -0.3 is 4.74 Å². The molecule has 1 atom stereocenters. The Morgan fingerprint density at radius 1 is 1.46 bits per heavy atom. The van der Waals surface area contributed by atoms with Crippen LogP contribution in [0.4, 0.5) is 0 Å². The number of rotatable bonds is 3. The number of alkyl halides is 3. The van der Waals surface area contributed by atoms with Crippen LogP contribution in [-0.4, -0.2) is 15.9 Å². The quantitative estimate of drug-likeness (QED) is 0.433. The van der Waals surface area contributed by atoms with Gasteiger partial charge in [0.25, 0.3) is 0 Å². The van der Waals surface area contributed by atoms with Gasteiger partial charge in [-0.05, 0) is 6.92 Å². The van der Waals surface area contributed by atoms with Gasteiger partial charge in [-0.2, -0.15) is 0 Å². The van der Waals surface area contributed by atoms with E-state index >= 15 is 0 Å². The van der Waals surface area contributed by atoms with Crippen LogP contribution in [-0.2, 0) is 9.53 Å². The number of ether oxygens (including phenoxy) is 1. The molecule has 2 nitrogen and oxygen atoms in total. The fraction of sp³-hybridized carbons (Fsp3) is 0.625. The Bertz CT molecular complexity index is 192. The zero-order valence-electron chi connectivity index (χ0n) is 7.44. The molecule has 0 bridgehead atoms. The van der Waals surface area contributed by atoms with Crippen molar-refractivity contribution in [2.45, 2.75) is 30.2 Å². The molecule has 0 unspecified atom stereocenters. The molecular weight excluding hydrogens is 234 g/mol. The highest BCUT2D eigenvalue weighted by atomic mass is 35.6. The first-order chi connectivity index (χ1) is 5.73. The Hall–Kier alpha value is 0.0800. The summed E-state index contributed by atoms with van der Waals surface area (Å²) >= 11 is 16.8. The average molecular weight is 246 g/mol. The molecule has 0 amide bonds. The van der Waals surface area contributed by atoms with Gasteiger partial charge in [0, 0.05) is 13.3 Å². The summed E-state index contributed by atoms with van der Waals surface area (Å²) in [6, 6.07) is 0. The Morgan fingerprint density at radius 3 is 2.15 bits per heavy atom. The summed E-state index contributed by atoms with van der Waals surface area (Å²) in [5, 5.41) is 0. The second kappa shape index (κ2) is 5.08. The summed E-state index contributed by atoms with van der Waals surface area (Å²) in [5.41, 5.74) is 0.789. The highest BCUT2D eigenvalue weighted by molar-refractivity contribution is 6.68. The van der Waals surface area contributed by atoms with Crippen molar-refractivity contribution in [1.82, 2.24) is 0 Å². The van der Waals surface area contributed by atoms with Crippen molar-refractivity contribution in [3.8, 4) is 0 Å². The summed E-state index contributed by atoms with van der Waals surface area (Å²) in [6.45, 7) is 6.68. The minimum Gasteiger partial charge on any atom is -0.458 e. The van der Waals surface area contributed by atoms with Crippen molar-refractivity contribution in [3.05, 3.63) is 12.2 Å². The Labute approximate surface area is 92.8 Å². The smallest absolute Gasteiger partial charge is 0.303 e. The largest absolute Gasteiger partial charge is 0.458 e. The van der Waals surface area contributed by atoms with Crippen molar-refractivity contribution in [2.24, 2.45) is 0 Å². The lowest BCUT2D eigenvalue weighted by Gasteiger charge is -2.23. The van der Waals surface area contributed by atoms with E-state index < -0.39 is 15.9 Å². The van der Waals surface area contributed by atoms with Crippen LogP contribution in [0.1, 0.15) is 20.3 Å². The Morgan fingerprint density at radius 2 is 1.92 bits per heavy atom. The van der Waals surface area contributed by atoms with Crippen molar-refractivity contribution < 1.29 is 9.53 Å². The highest BCUT2D eigenvalue weighted by Crippen LogP contribution is 2.35. The van der Waals surface area contributed by atoms with Crippen molar-refractivity contribution in [3.63, 3.8) is 0 Å². The third kappa shape index (κ3) is 6.19. The van der Waals surface area contributed by atoms with Crippen LogP contribution >= 0.6 is 34.8 Å². The topological polar surface area (TPSA) is 26.3 Å². The summed E-state index contributed by atoms with van der Waals surface area (Å²) in [7, 11) is 0. The van der Waals surface area contributed by atoms with Crippen LogP contribution < -0.4 is 0 Å². The van der Waals surface area contributed by atoms with Gasteiger partial charge in [-0.15, -0.1) is 0 Å². The van der Waals surface area contributed by atoms with E-state index in [1.165, 1.54) is 6.92 Å². The van der Waals surface area contributed by atoms with Crippen molar-refractivity contribution in [1.29, 1.82) is 0 Å². The van der Waals surface area contributed by atoms with E-state index in [2.05, 4.69) is 6.58 Å². The molecule has 0 fully saturated rings. The molecule has 0 aromatic rings. The normalized spacial score (nSPS) is 13.6. The number of hydrogen-bond donors (Lipinski definition) is 0. The molecule has 0 aliphatic heterocycles. The monoisotopic (exact) mass is 244 g/mol. The van der Waals surface area contributed by atoms with Crippen LogP contribution in [0.25, 0.3) is 0 Å². The lowest BCUT2D eigenvalue weighted by molar-refractivity contribution is -0.146. The SMILES string of the molecule is C=C(C)C[C@H](OC(C)=O)C(Cl)(Cl)Cl. The molecule has 0 heterocycles. The van der Waals surface area contributed by atoms with Crippen LogP contribution in [0.5, 0.6) is 0 Å². The maximum absolute atomic E-state index is 10.7. The predicted octanol–water partition coefficient (Wildman–Crippen LogP) is 3.25. The summed E-state index contributed by atoms with van der Waals surface area (Å²) in [6.07, 6.45) is -0.428. The summed E-state index contributed by atoms with van der Waals surface area (Å²) < 4.78 is 3.22. The van der Waals surface area contributed by atoms with Gasteiger partial charge in [-0.3, -0.25) is 4.79 Å². The third-order valence-electron chi connectivity index (χ3n) is 1.21. The van der Waals surface area contributed by atoms with E-state index in [0.717, 1.165) is 5.57 Å². The molecule has 0 aromatic carbocycles. The van der Waals surface area contributed by atoms with Crippen LogP contribution in [0, 0.1) is 0 Å². The molecule has 0 aliphatic rings. The number of carbonyl (C=O) groups is 1. The number of hydrogen-bond acceptors (Lipinski definition) is 2. The van der Waals surface area contributed by atoms with E-state index in [1.54, 1.807) is 6.92 Å². The molecule has 0 N–H and O–H groups in total. The zero-order chi connectivity index (χ0) is 10.6. The fourth-order valence-electron chi connectivity index (χ4n) is 0.741. The van der Waals surface area contributed by atoms with Crippen LogP contribution in [0.15, 0.2) is 12.2 Å². The minimum atomic E-state index is -1.61. The van der Waals surface area contributed by atoms with E-state index in [-0.39, 0.29) is 0 Å². The molecular formula is C8H11Cl3O2. The van der Waals surface area contributed by atoms with E-state index in [1.807, 2.05) is 0 Å². The highest BCUT2D eigenvalue weighted by Gasteiger charge is 2.35. The lowest BCUT2D eigenvalue weighted by Crippen LogP contribution is -2.30. The van der Waals surface area contributed by atoms with Gasteiger partial charge in [-0.25, -0.2) is 0 Å². The van der Waals surface area contributed by atoms with Crippen molar-refractivity contribution in [2.75, 3.05) is 0 Å².